The molecule has 0 aliphatic heterocycles. The van der Waals surface area contributed by atoms with Crippen LogP contribution in [0.1, 0.15) is 17.3 Å². The van der Waals surface area contributed by atoms with E-state index < -0.39 is 22.9 Å². The Morgan fingerprint density at radius 2 is 1.85 bits per heavy atom. The lowest BCUT2D eigenvalue weighted by Gasteiger charge is -2.15. The summed E-state index contributed by atoms with van der Waals surface area (Å²) < 4.78 is 5.13. The van der Waals surface area contributed by atoms with Crippen LogP contribution in [0.4, 0.5) is 17.1 Å². The summed E-state index contributed by atoms with van der Waals surface area (Å²) in [6.45, 7) is 1.40. The number of non-ortho nitro benzene ring substituents is 1. The summed E-state index contributed by atoms with van der Waals surface area (Å²) >= 11 is 5.78. The van der Waals surface area contributed by atoms with Gasteiger partial charge in [0.2, 0.25) is 0 Å². The number of rotatable bonds is 6. The number of nitro groups is 1. The molecule has 0 aliphatic carbocycles. The first-order valence-corrected chi connectivity index (χ1v) is 7.93. The minimum Gasteiger partial charge on any atom is -0.449 e. The van der Waals surface area contributed by atoms with Crippen molar-refractivity contribution in [2.24, 2.45) is 0 Å². The molecule has 0 aromatic heterocycles. The molecule has 0 unspecified atom stereocenters. The number of nitrogens with one attached hydrogen (secondary N) is 2. The third-order valence-corrected chi connectivity index (χ3v) is 3.72. The second kappa shape index (κ2) is 8.30. The average Bonchev–Trinajstić information content (AvgIpc) is 2.62. The molecule has 0 spiro atoms. The van der Waals surface area contributed by atoms with Crippen LogP contribution in [0.25, 0.3) is 0 Å². The monoisotopic (exact) mass is 377 g/mol. The number of carbonyl (C=O) groups excluding carboxylic acids is 2. The number of hydrogen-bond donors (Lipinski definition) is 2. The molecule has 9 heteroatoms. The molecule has 0 saturated carbocycles. The average molecular weight is 378 g/mol. The van der Waals surface area contributed by atoms with Gasteiger partial charge in [0.1, 0.15) is 0 Å². The van der Waals surface area contributed by atoms with Crippen molar-refractivity contribution in [3.8, 4) is 0 Å². The summed E-state index contributed by atoms with van der Waals surface area (Å²) in [5.41, 5.74) is 0.557. The van der Waals surface area contributed by atoms with E-state index in [1.54, 1.807) is 31.3 Å². The first-order valence-electron chi connectivity index (χ1n) is 7.55. The zero-order valence-electron chi connectivity index (χ0n) is 14.0. The van der Waals surface area contributed by atoms with Crippen LogP contribution >= 0.6 is 11.6 Å². The third-order valence-electron chi connectivity index (χ3n) is 3.47. The van der Waals surface area contributed by atoms with Crippen molar-refractivity contribution in [1.82, 2.24) is 0 Å². The Morgan fingerprint density at radius 1 is 1.19 bits per heavy atom. The number of anilines is 2. The molecule has 1 amide bonds. The lowest BCUT2D eigenvalue weighted by atomic mass is 10.1. The molecule has 2 rings (SSSR count). The SMILES string of the molecule is CNc1ccc([N+](=O)[O-])cc1C(=O)O[C@@H](C)C(=O)Nc1ccc(Cl)cc1. The fraction of sp³-hybridized carbons (Fsp3) is 0.176. The highest BCUT2D eigenvalue weighted by molar-refractivity contribution is 6.30. The van der Waals surface area contributed by atoms with Gasteiger partial charge in [-0.3, -0.25) is 14.9 Å². The molecule has 0 aliphatic rings. The number of carbonyl (C=O) groups is 2. The quantitative estimate of drug-likeness (QED) is 0.453. The fourth-order valence-electron chi connectivity index (χ4n) is 2.09. The normalized spacial score (nSPS) is 11.3. The van der Waals surface area contributed by atoms with Gasteiger partial charge in [-0.2, -0.15) is 0 Å². The highest BCUT2D eigenvalue weighted by atomic mass is 35.5. The predicted molar refractivity (Wildman–Crippen MR) is 97.6 cm³/mol. The molecule has 0 heterocycles. The maximum Gasteiger partial charge on any atom is 0.341 e. The maximum absolute atomic E-state index is 12.3. The summed E-state index contributed by atoms with van der Waals surface area (Å²) in [6, 6.07) is 10.2. The second-order valence-corrected chi connectivity index (χ2v) is 5.72. The van der Waals surface area contributed by atoms with E-state index in [1.165, 1.54) is 19.1 Å². The Hall–Kier alpha value is -3.13. The Morgan fingerprint density at radius 3 is 2.42 bits per heavy atom. The van der Waals surface area contributed by atoms with E-state index in [0.717, 1.165) is 6.07 Å². The Kier molecular flexibility index (Phi) is 6.13. The third kappa shape index (κ3) is 4.70. The van der Waals surface area contributed by atoms with Crippen molar-refractivity contribution in [3.63, 3.8) is 0 Å². The summed E-state index contributed by atoms with van der Waals surface area (Å²) in [5.74, 6) is -1.39. The van der Waals surface area contributed by atoms with E-state index in [0.29, 0.717) is 16.4 Å². The van der Waals surface area contributed by atoms with Crippen molar-refractivity contribution >= 4 is 40.5 Å². The zero-order chi connectivity index (χ0) is 19.3. The Balaban J connectivity index is 2.10. The van der Waals surface area contributed by atoms with Crippen LogP contribution < -0.4 is 10.6 Å². The molecule has 2 N–H and O–H groups in total. The Labute approximate surface area is 154 Å². The van der Waals surface area contributed by atoms with Crippen LogP contribution in [0.3, 0.4) is 0 Å². The van der Waals surface area contributed by atoms with Gasteiger partial charge in [0.15, 0.2) is 6.10 Å². The van der Waals surface area contributed by atoms with Crippen molar-refractivity contribution < 1.29 is 19.2 Å². The van der Waals surface area contributed by atoms with E-state index in [1.807, 2.05) is 0 Å². The van der Waals surface area contributed by atoms with Gasteiger partial charge in [-0.25, -0.2) is 4.79 Å². The second-order valence-electron chi connectivity index (χ2n) is 5.28. The molecule has 1 atom stereocenters. The number of halogens is 1. The van der Waals surface area contributed by atoms with Crippen LogP contribution in [-0.2, 0) is 9.53 Å². The topological polar surface area (TPSA) is 111 Å². The highest BCUT2D eigenvalue weighted by Gasteiger charge is 2.23. The predicted octanol–water partition coefficient (Wildman–Crippen LogP) is 3.47. The van der Waals surface area contributed by atoms with Gasteiger partial charge in [-0.1, -0.05) is 11.6 Å². The van der Waals surface area contributed by atoms with Gasteiger partial charge in [-0.05, 0) is 37.3 Å². The van der Waals surface area contributed by atoms with E-state index in [-0.39, 0.29) is 11.3 Å². The summed E-state index contributed by atoms with van der Waals surface area (Å²) in [7, 11) is 1.56. The summed E-state index contributed by atoms with van der Waals surface area (Å²) in [5, 5.41) is 16.8. The minimum absolute atomic E-state index is 0.0344. The summed E-state index contributed by atoms with van der Waals surface area (Å²) in [6.07, 6.45) is -1.11. The standard InChI is InChI=1S/C17H16ClN3O5/c1-10(16(22)20-12-5-3-11(18)4-6-12)26-17(23)14-9-13(21(24)25)7-8-15(14)19-2/h3-10,19H,1-2H3,(H,20,22)/t10-/m0/s1. The maximum atomic E-state index is 12.3. The zero-order valence-corrected chi connectivity index (χ0v) is 14.7. The largest absolute Gasteiger partial charge is 0.449 e. The number of esters is 1. The number of nitrogens with zero attached hydrogens (tertiary/aromatic N) is 1. The lowest BCUT2D eigenvalue weighted by Crippen LogP contribution is -2.30. The smallest absolute Gasteiger partial charge is 0.341 e. The van der Waals surface area contributed by atoms with Crippen molar-refractivity contribution in [2.75, 3.05) is 17.7 Å². The Bertz CT molecular complexity index is 839. The molecular formula is C17H16ClN3O5. The summed E-state index contributed by atoms with van der Waals surface area (Å²) in [4.78, 5) is 34.8. The molecule has 0 saturated heterocycles. The fourth-order valence-corrected chi connectivity index (χ4v) is 2.21. The van der Waals surface area contributed by atoms with Gasteiger partial charge >= 0.3 is 5.97 Å². The molecule has 136 valence electrons. The molecule has 8 nitrogen and oxygen atoms in total. The van der Waals surface area contributed by atoms with Gasteiger partial charge in [0.05, 0.1) is 10.5 Å². The molecule has 0 bridgehead atoms. The number of ether oxygens (including phenoxy) is 1. The van der Waals surface area contributed by atoms with Gasteiger partial charge in [0, 0.05) is 35.6 Å². The van der Waals surface area contributed by atoms with Gasteiger partial charge in [0.25, 0.3) is 11.6 Å². The van der Waals surface area contributed by atoms with Gasteiger partial charge in [-0.15, -0.1) is 0 Å². The highest BCUT2D eigenvalue weighted by Crippen LogP contribution is 2.23. The molecular weight excluding hydrogens is 362 g/mol. The molecule has 2 aromatic carbocycles. The van der Waals surface area contributed by atoms with Gasteiger partial charge < -0.3 is 15.4 Å². The van der Waals surface area contributed by atoms with Crippen LogP contribution in [0.2, 0.25) is 5.02 Å². The van der Waals surface area contributed by atoms with E-state index in [9.17, 15) is 19.7 Å². The van der Waals surface area contributed by atoms with Crippen LogP contribution in [-0.4, -0.2) is 30.0 Å². The van der Waals surface area contributed by atoms with Crippen LogP contribution in [0.5, 0.6) is 0 Å². The van der Waals surface area contributed by atoms with E-state index in [4.69, 9.17) is 16.3 Å². The molecule has 0 radical (unpaired) electrons. The lowest BCUT2D eigenvalue weighted by molar-refractivity contribution is -0.384. The number of hydrogen-bond acceptors (Lipinski definition) is 6. The number of benzene rings is 2. The molecule has 26 heavy (non-hydrogen) atoms. The first kappa shape index (κ1) is 19.2. The molecule has 2 aromatic rings. The van der Waals surface area contributed by atoms with Crippen LogP contribution in [0.15, 0.2) is 42.5 Å². The van der Waals surface area contributed by atoms with Crippen molar-refractivity contribution in [3.05, 3.63) is 63.2 Å². The van der Waals surface area contributed by atoms with Crippen LogP contribution in [0, 0.1) is 10.1 Å². The van der Waals surface area contributed by atoms with Crippen molar-refractivity contribution in [2.45, 2.75) is 13.0 Å². The van der Waals surface area contributed by atoms with E-state index >= 15 is 0 Å². The molecule has 0 fully saturated rings. The minimum atomic E-state index is -1.11. The van der Waals surface area contributed by atoms with E-state index in [2.05, 4.69) is 10.6 Å². The first-order chi connectivity index (χ1) is 12.3. The number of nitro benzene ring substituents is 1. The number of amides is 1. The van der Waals surface area contributed by atoms with Crippen molar-refractivity contribution in [1.29, 1.82) is 0 Å².